The molecule has 0 aliphatic heterocycles. The van der Waals surface area contributed by atoms with Crippen LogP contribution in [-0.2, 0) is 11.2 Å². The van der Waals surface area contributed by atoms with Gasteiger partial charge in [-0.05, 0) is 42.9 Å². The molecule has 0 fully saturated rings. The molecule has 0 saturated carbocycles. The second-order valence-corrected chi connectivity index (χ2v) is 8.45. The quantitative estimate of drug-likeness (QED) is 0.762. The van der Waals surface area contributed by atoms with Gasteiger partial charge in [-0.25, -0.2) is 0 Å². The SMILES string of the molecule is COCCCNC(=O)c1c2c(cn(-c3ccc(C)cc3)c1=O)C(=O)CC(C)(C)C2. The zero-order chi connectivity index (χ0) is 21.2. The zero-order valence-corrected chi connectivity index (χ0v) is 17.5. The number of hydrogen-bond donors (Lipinski definition) is 1. The summed E-state index contributed by atoms with van der Waals surface area (Å²) in [6.07, 6.45) is 3.15. The maximum atomic E-state index is 13.3. The van der Waals surface area contributed by atoms with Crippen LogP contribution < -0.4 is 10.9 Å². The predicted molar refractivity (Wildman–Crippen MR) is 112 cm³/mol. The van der Waals surface area contributed by atoms with Crippen LogP contribution in [0.25, 0.3) is 5.69 Å². The topological polar surface area (TPSA) is 77.4 Å². The van der Waals surface area contributed by atoms with Gasteiger partial charge in [0, 0.05) is 44.1 Å². The molecule has 1 aliphatic rings. The maximum absolute atomic E-state index is 13.3. The van der Waals surface area contributed by atoms with Crippen molar-refractivity contribution in [1.29, 1.82) is 0 Å². The number of benzene rings is 1. The minimum Gasteiger partial charge on any atom is -0.385 e. The molecular formula is C23H28N2O4. The molecule has 1 N–H and O–H groups in total. The molecule has 1 aromatic carbocycles. The molecule has 2 aromatic rings. The van der Waals surface area contributed by atoms with E-state index in [1.807, 2.05) is 45.0 Å². The van der Waals surface area contributed by atoms with E-state index in [2.05, 4.69) is 5.32 Å². The Morgan fingerprint density at radius 2 is 1.86 bits per heavy atom. The molecular weight excluding hydrogens is 368 g/mol. The number of amides is 1. The summed E-state index contributed by atoms with van der Waals surface area (Å²) in [7, 11) is 1.60. The third-order valence-corrected chi connectivity index (χ3v) is 5.26. The second kappa shape index (κ2) is 8.33. The first kappa shape index (κ1) is 21.0. The fraction of sp³-hybridized carbons (Fsp3) is 0.435. The number of nitrogens with one attached hydrogen (secondary N) is 1. The summed E-state index contributed by atoms with van der Waals surface area (Å²) in [5.41, 5.74) is 2.10. The number of rotatable bonds is 6. The lowest BCUT2D eigenvalue weighted by atomic mass is 9.73. The number of fused-ring (bicyclic) bond motifs is 1. The van der Waals surface area contributed by atoms with E-state index in [4.69, 9.17) is 4.74 Å². The van der Waals surface area contributed by atoms with Gasteiger partial charge in [0.1, 0.15) is 5.56 Å². The molecule has 0 bridgehead atoms. The number of ketones is 1. The van der Waals surface area contributed by atoms with Gasteiger partial charge in [-0.1, -0.05) is 31.5 Å². The molecule has 29 heavy (non-hydrogen) atoms. The van der Waals surface area contributed by atoms with E-state index in [0.717, 1.165) is 5.56 Å². The van der Waals surface area contributed by atoms with Crippen molar-refractivity contribution in [2.75, 3.05) is 20.3 Å². The third-order valence-electron chi connectivity index (χ3n) is 5.26. The fourth-order valence-electron chi connectivity index (χ4n) is 3.78. The van der Waals surface area contributed by atoms with E-state index in [9.17, 15) is 14.4 Å². The zero-order valence-electron chi connectivity index (χ0n) is 17.5. The Hall–Kier alpha value is -2.73. The molecule has 6 heteroatoms. The molecule has 1 amide bonds. The number of methoxy groups -OCH3 is 1. The van der Waals surface area contributed by atoms with Crippen LogP contribution in [0.15, 0.2) is 35.3 Å². The molecule has 6 nitrogen and oxygen atoms in total. The van der Waals surface area contributed by atoms with E-state index in [1.165, 1.54) is 4.57 Å². The number of carbonyl (C=O) groups excluding carboxylic acids is 2. The van der Waals surface area contributed by atoms with Crippen LogP contribution in [-0.4, -0.2) is 36.5 Å². The van der Waals surface area contributed by atoms with Gasteiger partial charge in [0.25, 0.3) is 11.5 Å². The first-order chi connectivity index (χ1) is 13.7. The Kier molecular flexibility index (Phi) is 6.03. The summed E-state index contributed by atoms with van der Waals surface area (Å²) in [5, 5.41) is 2.81. The maximum Gasteiger partial charge on any atom is 0.268 e. The first-order valence-electron chi connectivity index (χ1n) is 9.89. The van der Waals surface area contributed by atoms with Crippen molar-refractivity contribution in [3.8, 4) is 5.69 Å². The van der Waals surface area contributed by atoms with Crippen molar-refractivity contribution in [3.05, 3.63) is 63.1 Å². The minimum atomic E-state index is -0.436. The van der Waals surface area contributed by atoms with Crippen LogP contribution in [0, 0.1) is 12.3 Å². The van der Waals surface area contributed by atoms with Gasteiger partial charge < -0.3 is 10.1 Å². The standard InChI is InChI=1S/C23H28N2O4/c1-15-6-8-16(9-7-15)25-14-18-17(12-23(2,3)13-19(18)26)20(22(25)28)21(27)24-10-5-11-29-4/h6-9,14H,5,10-13H2,1-4H3,(H,24,27). The Balaban J connectivity index is 2.13. The minimum absolute atomic E-state index is 0.0365. The Morgan fingerprint density at radius 1 is 1.17 bits per heavy atom. The van der Waals surface area contributed by atoms with E-state index >= 15 is 0 Å². The largest absolute Gasteiger partial charge is 0.385 e. The highest BCUT2D eigenvalue weighted by atomic mass is 16.5. The number of pyridine rings is 1. The van der Waals surface area contributed by atoms with Crippen molar-refractivity contribution in [1.82, 2.24) is 9.88 Å². The van der Waals surface area contributed by atoms with Gasteiger partial charge in [0.15, 0.2) is 5.78 Å². The molecule has 1 aromatic heterocycles. The summed E-state index contributed by atoms with van der Waals surface area (Å²) in [4.78, 5) is 39.2. The summed E-state index contributed by atoms with van der Waals surface area (Å²) in [5.74, 6) is -0.472. The van der Waals surface area contributed by atoms with Gasteiger partial charge in [0.2, 0.25) is 0 Å². The normalized spacial score (nSPS) is 15.1. The molecule has 1 aliphatic carbocycles. The van der Waals surface area contributed by atoms with Gasteiger partial charge in [-0.15, -0.1) is 0 Å². The molecule has 0 unspecified atom stereocenters. The average Bonchev–Trinajstić information content (AvgIpc) is 2.65. The first-order valence-corrected chi connectivity index (χ1v) is 9.89. The highest BCUT2D eigenvalue weighted by molar-refractivity contribution is 6.04. The van der Waals surface area contributed by atoms with Crippen molar-refractivity contribution in [3.63, 3.8) is 0 Å². The smallest absolute Gasteiger partial charge is 0.268 e. The number of carbonyl (C=O) groups is 2. The second-order valence-electron chi connectivity index (χ2n) is 8.45. The van der Waals surface area contributed by atoms with Gasteiger partial charge in [0.05, 0.1) is 0 Å². The monoisotopic (exact) mass is 396 g/mol. The lowest BCUT2D eigenvalue weighted by molar-refractivity contribution is 0.0909. The van der Waals surface area contributed by atoms with Crippen molar-refractivity contribution in [2.45, 2.75) is 40.0 Å². The molecule has 3 rings (SSSR count). The fourth-order valence-corrected chi connectivity index (χ4v) is 3.78. The average molecular weight is 396 g/mol. The number of ether oxygens (including phenoxy) is 1. The van der Waals surface area contributed by atoms with Crippen LogP contribution in [0.2, 0.25) is 0 Å². The molecule has 0 atom stereocenters. The van der Waals surface area contributed by atoms with E-state index in [-0.39, 0.29) is 16.8 Å². The predicted octanol–water partition coefficient (Wildman–Crippen LogP) is 3.07. The van der Waals surface area contributed by atoms with E-state index in [0.29, 0.717) is 49.2 Å². The van der Waals surface area contributed by atoms with Crippen LogP contribution in [0.3, 0.4) is 0 Å². The Labute approximate surface area is 170 Å². The lowest BCUT2D eigenvalue weighted by Crippen LogP contribution is -2.39. The van der Waals surface area contributed by atoms with Gasteiger partial charge in [-0.2, -0.15) is 0 Å². The summed E-state index contributed by atoms with van der Waals surface area (Å²) < 4.78 is 6.42. The van der Waals surface area contributed by atoms with Crippen LogP contribution >= 0.6 is 0 Å². The van der Waals surface area contributed by atoms with E-state index < -0.39 is 11.5 Å². The summed E-state index contributed by atoms with van der Waals surface area (Å²) >= 11 is 0. The Bertz CT molecular complexity index is 987. The molecule has 1 heterocycles. The van der Waals surface area contributed by atoms with Crippen LogP contribution in [0.4, 0.5) is 0 Å². The number of Topliss-reactive ketones (excluding diaryl/α,β-unsaturated/α-hetero) is 1. The number of aryl methyl sites for hydroxylation is 1. The van der Waals surface area contributed by atoms with Gasteiger partial charge >= 0.3 is 0 Å². The summed E-state index contributed by atoms with van der Waals surface area (Å²) in [6, 6.07) is 7.44. The molecule has 0 radical (unpaired) electrons. The number of aromatic nitrogens is 1. The Morgan fingerprint density at radius 3 is 2.52 bits per heavy atom. The summed E-state index contributed by atoms with van der Waals surface area (Å²) in [6.45, 7) is 6.85. The van der Waals surface area contributed by atoms with Crippen molar-refractivity contribution in [2.24, 2.45) is 5.41 Å². The highest BCUT2D eigenvalue weighted by Gasteiger charge is 2.35. The highest BCUT2D eigenvalue weighted by Crippen LogP contribution is 2.35. The molecule has 0 spiro atoms. The van der Waals surface area contributed by atoms with Crippen LogP contribution in [0.5, 0.6) is 0 Å². The van der Waals surface area contributed by atoms with Crippen LogP contribution in [0.1, 0.15) is 58.5 Å². The molecule has 154 valence electrons. The number of nitrogens with zero attached hydrogens (tertiary/aromatic N) is 1. The number of hydrogen-bond acceptors (Lipinski definition) is 4. The van der Waals surface area contributed by atoms with Crippen molar-refractivity contribution >= 4 is 11.7 Å². The molecule has 0 saturated heterocycles. The van der Waals surface area contributed by atoms with E-state index in [1.54, 1.807) is 13.3 Å². The van der Waals surface area contributed by atoms with Gasteiger partial charge in [-0.3, -0.25) is 19.0 Å². The lowest BCUT2D eigenvalue weighted by Gasteiger charge is -2.31. The third kappa shape index (κ3) is 4.48. The van der Waals surface area contributed by atoms with Crippen molar-refractivity contribution < 1.29 is 14.3 Å².